The molecule has 0 saturated heterocycles. The lowest BCUT2D eigenvalue weighted by molar-refractivity contribution is 0.101. The number of rotatable bonds is 7. The molecular formula is C31H29N3O4. The van der Waals surface area contributed by atoms with E-state index in [1.807, 2.05) is 52.0 Å². The summed E-state index contributed by atoms with van der Waals surface area (Å²) in [4.78, 5) is 37.1. The molecule has 192 valence electrons. The van der Waals surface area contributed by atoms with Gasteiger partial charge in [0.2, 0.25) is 0 Å². The maximum absolute atomic E-state index is 12.8. The number of hydrogen-bond donors (Lipinski definition) is 3. The molecule has 38 heavy (non-hydrogen) atoms. The Morgan fingerprint density at radius 1 is 0.684 bits per heavy atom. The normalized spacial score (nSPS) is 11.1. The van der Waals surface area contributed by atoms with Gasteiger partial charge in [-0.05, 0) is 78.7 Å². The van der Waals surface area contributed by atoms with Gasteiger partial charge < -0.3 is 15.7 Å². The largest absolute Gasteiger partial charge is 0.506 e. The molecule has 0 bridgehead atoms. The number of nitrogens with zero attached hydrogens (tertiary/aromatic N) is 1. The van der Waals surface area contributed by atoms with E-state index in [0.29, 0.717) is 16.8 Å². The minimum absolute atomic E-state index is 0.0587. The van der Waals surface area contributed by atoms with E-state index >= 15 is 0 Å². The van der Waals surface area contributed by atoms with Gasteiger partial charge in [-0.1, -0.05) is 61.4 Å². The number of amides is 2. The van der Waals surface area contributed by atoms with Crippen LogP contribution in [0.5, 0.6) is 5.75 Å². The van der Waals surface area contributed by atoms with Crippen molar-refractivity contribution in [1.29, 1.82) is 0 Å². The number of anilines is 2. The number of aryl methyl sites for hydroxylation is 2. The molecule has 0 saturated carbocycles. The zero-order valence-corrected chi connectivity index (χ0v) is 21.7. The molecular weight excluding hydrogens is 478 g/mol. The Bertz CT molecular complexity index is 1510. The Balaban J connectivity index is 1.63. The Kier molecular flexibility index (Phi) is 7.39. The van der Waals surface area contributed by atoms with E-state index in [0.717, 1.165) is 22.3 Å². The average Bonchev–Trinajstić information content (AvgIpc) is 2.90. The molecule has 0 aliphatic rings. The molecule has 0 aliphatic heterocycles. The molecule has 0 aliphatic carbocycles. The molecule has 0 fully saturated rings. The van der Waals surface area contributed by atoms with Crippen molar-refractivity contribution < 1.29 is 14.7 Å². The molecule has 4 aromatic carbocycles. The number of carbonyl (C=O) groups is 2. The van der Waals surface area contributed by atoms with Crippen molar-refractivity contribution in [3.05, 3.63) is 123 Å². The maximum atomic E-state index is 12.8. The van der Waals surface area contributed by atoms with Crippen molar-refractivity contribution in [3.63, 3.8) is 0 Å². The minimum atomic E-state index is -0.623. The predicted octanol–water partition coefficient (Wildman–Crippen LogP) is 7.24. The van der Waals surface area contributed by atoms with Gasteiger partial charge in [0, 0.05) is 16.5 Å². The Hall–Kier alpha value is -4.78. The number of benzene rings is 4. The molecule has 0 radical (unpaired) electrons. The van der Waals surface area contributed by atoms with Gasteiger partial charge in [0.25, 0.3) is 11.8 Å². The smallest absolute Gasteiger partial charge is 0.255 e. The van der Waals surface area contributed by atoms with Crippen LogP contribution in [0.2, 0.25) is 0 Å². The number of hydrogen-bond acceptors (Lipinski definition) is 5. The van der Waals surface area contributed by atoms with E-state index in [2.05, 4.69) is 15.8 Å². The van der Waals surface area contributed by atoms with Crippen LogP contribution in [-0.2, 0) is 5.41 Å². The molecule has 3 N–H and O–H groups in total. The number of aromatic hydroxyl groups is 1. The van der Waals surface area contributed by atoms with Crippen molar-refractivity contribution in [2.75, 3.05) is 10.6 Å². The fourth-order valence-electron chi connectivity index (χ4n) is 4.09. The number of nitroso groups, excluding NO2 is 1. The van der Waals surface area contributed by atoms with E-state index in [1.165, 1.54) is 6.07 Å². The van der Waals surface area contributed by atoms with Crippen molar-refractivity contribution in [2.24, 2.45) is 5.18 Å². The topological polar surface area (TPSA) is 108 Å². The van der Waals surface area contributed by atoms with Crippen LogP contribution in [0.25, 0.3) is 0 Å². The van der Waals surface area contributed by atoms with Crippen molar-refractivity contribution in [1.82, 2.24) is 0 Å². The van der Waals surface area contributed by atoms with E-state index < -0.39 is 5.41 Å². The lowest BCUT2D eigenvalue weighted by Gasteiger charge is -2.27. The summed E-state index contributed by atoms with van der Waals surface area (Å²) in [6, 6.07) is 24.4. The van der Waals surface area contributed by atoms with Crippen LogP contribution < -0.4 is 10.6 Å². The van der Waals surface area contributed by atoms with Gasteiger partial charge in [0.1, 0.15) is 11.4 Å². The van der Waals surface area contributed by atoms with Crippen LogP contribution >= 0.6 is 0 Å². The third-order valence-corrected chi connectivity index (χ3v) is 6.66. The highest BCUT2D eigenvalue weighted by atomic mass is 16.3. The van der Waals surface area contributed by atoms with Gasteiger partial charge >= 0.3 is 0 Å². The van der Waals surface area contributed by atoms with Crippen molar-refractivity contribution >= 4 is 28.9 Å². The maximum Gasteiger partial charge on any atom is 0.255 e. The number of nitrogens with one attached hydrogen (secondary N) is 2. The van der Waals surface area contributed by atoms with Crippen LogP contribution in [0.15, 0.2) is 90.1 Å². The summed E-state index contributed by atoms with van der Waals surface area (Å²) >= 11 is 0. The molecule has 0 atom stereocenters. The summed E-state index contributed by atoms with van der Waals surface area (Å²) in [7, 11) is 0. The van der Waals surface area contributed by atoms with Gasteiger partial charge in [-0.2, -0.15) is 0 Å². The molecule has 7 nitrogen and oxygen atoms in total. The van der Waals surface area contributed by atoms with E-state index in [1.54, 1.807) is 54.6 Å². The third kappa shape index (κ3) is 5.62. The summed E-state index contributed by atoms with van der Waals surface area (Å²) in [6.45, 7) is 7.82. The quantitative estimate of drug-likeness (QED) is 0.181. The number of phenols is 1. The molecule has 0 aromatic heterocycles. The summed E-state index contributed by atoms with van der Waals surface area (Å²) in [6.07, 6.45) is 0. The van der Waals surface area contributed by atoms with Crippen LogP contribution in [-0.4, -0.2) is 16.9 Å². The lowest BCUT2D eigenvalue weighted by Crippen LogP contribution is -2.20. The number of carbonyl (C=O) groups excluding carboxylic acids is 2. The Morgan fingerprint density at radius 2 is 1.13 bits per heavy atom. The van der Waals surface area contributed by atoms with Gasteiger partial charge in [0.05, 0.1) is 11.4 Å². The first-order chi connectivity index (χ1) is 18.1. The summed E-state index contributed by atoms with van der Waals surface area (Å²) < 4.78 is 0. The summed E-state index contributed by atoms with van der Waals surface area (Å²) in [5.41, 5.74) is 4.67. The molecule has 0 spiro atoms. The highest BCUT2D eigenvalue weighted by molar-refractivity contribution is 6.06. The highest BCUT2D eigenvalue weighted by Crippen LogP contribution is 2.39. The lowest BCUT2D eigenvalue weighted by atomic mass is 9.77. The molecule has 4 aromatic rings. The molecule has 0 unspecified atom stereocenters. The molecule has 7 heteroatoms. The van der Waals surface area contributed by atoms with Crippen LogP contribution in [0, 0.1) is 18.8 Å². The first-order valence-corrected chi connectivity index (χ1v) is 12.2. The summed E-state index contributed by atoms with van der Waals surface area (Å²) in [5, 5.41) is 19.1. The van der Waals surface area contributed by atoms with Gasteiger partial charge in [0.15, 0.2) is 0 Å². The summed E-state index contributed by atoms with van der Waals surface area (Å²) in [5.74, 6) is -0.745. The third-order valence-electron chi connectivity index (χ3n) is 6.66. The zero-order valence-electron chi connectivity index (χ0n) is 21.7. The van der Waals surface area contributed by atoms with E-state index in [4.69, 9.17) is 0 Å². The second-order valence-corrected chi connectivity index (χ2v) is 9.82. The van der Waals surface area contributed by atoms with Gasteiger partial charge in [-0.15, -0.1) is 4.91 Å². The predicted molar refractivity (Wildman–Crippen MR) is 150 cm³/mol. The zero-order chi connectivity index (χ0) is 27.4. The Morgan fingerprint density at radius 3 is 1.63 bits per heavy atom. The molecule has 0 heterocycles. The second kappa shape index (κ2) is 10.7. The van der Waals surface area contributed by atoms with Crippen molar-refractivity contribution in [2.45, 2.75) is 33.1 Å². The van der Waals surface area contributed by atoms with E-state index in [9.17, 15) is 19.6 Å². The molecule has 2 amide bonds. The van der Waals surface area contributed by atoms with Crippen LogP contribution in [0.1, 0.15) is 56.8 Å². The fourth-order valence-corrected chi connectivity index (χ4v) is 4.09. The van der Waals surface area contributed by atoms with Gasteiger partial charge in [-0.25, -0.2) is 0 Å². The first kappa shape index (κ1) is 26.3. The average molecular weight is 508 g/mol. The Labute approximate surface area is 221 Å². The molecule has 4 rings (SSSR count). The van der Waals surface area contributed by atoms with Crippen LogP contribution in [0.3, 0.4) is 0 Å². The standard InChI is InChI=1S/C31H29N3O4/c1-19-5-9-21(10-6-19)29(36)32-26-17-23(13-15-25(26)34-38)31(3,4)24-14-16-28(35)27(18-24)33-30(37)22-11-7-20(2)8-12-22/h5-18,35H,1-4H3,(H,32,36)(H,33,37). The monoisotopic (exact) mass is 507 g/mol. The first-order valence-electron chi connectivity index (χ1n) is 12.2. The van der Waals surface area contributed by atoms with Gasteiger partial charge in [-0.3, -0.25) is 9.59 Å². The minimum Gasteiger partial charge on any atom is -0.506 e. The van der Waals surface area contributed by atoms with Crippen LogP contribution in [0.4, 0.5) is 17.1 Å². The second-order valence-electron chi connectivity index (χ2n) is 9.82. The fraction of sp³-hybridized carbons (Fsp3) is 0.161. The SMILES string of the molecule is Cc1ccc(C(=O)Nc2cc(C(C)(C)c3ccc(N=O)c(NC(=O)c4ccc(C)cc4)c3)ccc2O)cc1. The van der Waals surface area contributed by atoms with Crippen molar-refractivity contribution in [3.8, 4) is 5.75 Å². The van der Waals surface area contributed by atoms with E-state index in [-0.39, 0.29) is 28.9 Å². The number of phenolic OH excluding ortho intramolecular Hbond substituents is 1. The highest BCUT2D eigenvalue weighted by Gasteiger charge is 2.26.